The highest BCUT2D eigenvalue weighted by atomic mass is 16.5. The van der Waals surface area contributed by atoms with Gasteiger partial charge in [-0.3, -0.25) is 14.9 Å². The number of pyridine rings is 1. The molecule has 5 aromatic rings. The third kappa shape index (κ3) is 3.72. The monoisotopic (exact) mass is 424 g/mol. The van der Waals surface area contributed by atoms with E-state index < -0.39 is 0 Å². The number of benzene rings is 2. The molecule has 0 aliphatic heterocycles. The first kappa shape index (κ1) is 19.6. The summed E-state index contributed by atoms with van der Waals surface area (Å²) in [6, 6.07) is 15.2. The molecule has 0 unspecified atom stereocenters. The van der Waals surface area contributed by atoms with E-state index in [-0.39, 0.29) is 5.91 Å². The summed E-state index contributed by atoms with van der Waals surface area (Å²) in [5, 5.41) is 12.1. The number of carbonyl (C=O) groups excluding carboxylic acids is 1. The molecule has 32 heavy (non-hydrogen) atoms. The summed E-state index contributed by atoms with van der Waals surface area (Å²) in [6.45, 7) is 0.377. The van der Waals surface area contributed by atoms with Crippen molar-refractivity contribution in [3.63, 3.8) is 0 Å². The minimum absolute atomic E-state index is 0.228. The van der Waals surface area contributed by atoms with Crippen LogP contribution in [0.15, 0.2) is 71.6 Å². The predicted molar refractivity (Wildman–Crippen MR) is 123 cm³/mol. The molecule has 158 valence electrons. The smallest absolute Gasteiger partial charge is 0.255 e. The number of ether oxygens (including phenoxy) is 1. The lowest BCUT2D eigenvalue weighted by molar-refractivity contribution is 0.0948. The molecule has 0 bridgehead atoms. The highest BCUT2D eigenvalue weighted by molar-refractivity contribution is 6.05. The average molecular weight is 424 g/mol. The number of amides is 1. The number of furan rings is 1. The fourth-order valence-electron chi connectivity index (χ4n) is 3.66. The van der Waals surface area contributed by atoms with E-state index in [4.69, 9.17) is 9.15 Å². The van der Waals surface area contributed by atoms with Gasteiger partial charge < -0.3 is 14.5 Å². The minimum Gasteiger partial charge on any atom is -0.495 e. The predicted octanol–water partition coefficient (Wildman–Crippen LogP) is 4.81. The number of methoxy groups -OCH3 is 1. The first-order valence-corrected chi connectivity index (χ1v) is 10.1. The van der Waals surface area contributed by atoms with E-state index in [1.807, 2.05) is 54.6 Å². The Labute approximate surface area is 183 Å². The van der Waals surface area contributed by atoms with Crippen LogP contribution in [0.25, 0.3) is 34.0 Å². The van der Waals surface area contributed by atoms with Crippen molar-refractivity contribution in [3.05, 3.63) is 89.6 Å². The molecule has 0 spiro atoms. The van der Waals surface area contributed by atoms with Gasteiger partial charge in [0, 0.05) is 24.3 Å². The van der Waals surface area contributed by atoms with Gasteiger partial charge in [-0.25, -0.2) is 0 Å². The van der Waals surface area contributed by atoms with Crippen LogP contribution in [-0.2, 0) is 6.54 Å². The number of nitrogens with one attached hydrogen (secondary N) is 2. The topological polar surface area (TPSA) is 93.0 Å². The quantitative estimate of drug-likeness (QED) is 0.408. The van der Waals surface area contributed by atoms with Gasteiger partial charge in [0.2, 0.25) is 0 Å². The maximum absolute atomic E-state index is 12.9. The number of fused-ring (bicyclic) bond motifs is 2. The minimum atomic E-state index is -0.228. The SMILES string of the molecule is COc1c(C(=O)NCc2cccnc2)ccc2[nH]nc(C=Cc3ccc4occc4c3)c12. The molecule has 0 aliphatic carbocycles. The lowest BCUT2D eigenvalue weighted by atomic mass is 10.1. The van der Waals surface area contributed by atoms with Crippen molar-refractivity contribution in [2.24, 2.45) is 0 Å². The molecule has 1 amide bonds. The van der Waals surface area contributed by atoms with Crippen LogP contribution in [0.4, 0.5) is 0 Å². The molecule has 0 saturated carbocycles. The molecular weight excluding hydrogens is 404 g/mol. The van der Waals surface area contributed by atoms with Gasteiger partial charge in [-0.2, -0.15) is 5.10 Å². The average Bonchev–Trinajstić information content (AvgIpc) is 3.47. The summed E-state index contributed by atoms with van der Waals surface area (Å²) in [7, 11) is 1.56. The molecule has 0 aliphatic rings. The maximum Gasteiger partial charge on any atom is 0.255 e. The molecule has 2 N–H and O–H groups in total. The number of H-pyrrole nitrogens is 1. The third-order valence-electron chi connectivity index (χ3n) is 5.25. The van der Waals surface area contributed by atoms with Gasteiger partial charge in [-0.1, -0.05) is 18.2 Å². The number of nitrogens with zero attached hydrogens (tertiary/aromatic N) is 2. The van der Waals surface area contributed by atoms with Gasteiger partial charge in [-0.15, -0.1) is 0 Å². The lowest BCUT2D eigenvalue weighted by Gasteiger charge is -2.11. The zero-order chi connectivity index (χ0) is 21.9. The van der Waals surface area contributed by atoms with Crippen LogP contribution in [0.2, 0.25) is 0 Å². The van der Waals surface area contributed by atoms with E-state index in [0.717, 1.165) is 33.0 Å². The third-order valence-corrected chi connectivity index (χ3v) is 5.25. The Balaban J connectivity index is 1.45. The lowest BCUT2D eigenvalue weighted by Crippen LogP contribution is -2.23. The van der Waals surface area contributed by atoms with Crippen LogP contribution in [0.5, 0.6) is 5.75 Å². The van der Waals surface area contributed by atoms with E-state index in [1.54, 1.807) is 31.8 Å². The highest BCUT2D eigenvalue weighted by Crippen LogP contribution is 2.32. The highest BCUT2D eigenvalue weighted by Gasteiger charge is 2.18. The number of hydrogen-bond acceptors (Lipinski definition) is 5. The molecule has 0 saturated heterocycles. The van der Waals surface area contributed by atoms with Crippen molar-refractivity contribution < 1.29 is 13.9 Å². The second-order valence-electron chi connectivity index (χ2n) is 7.27. The zero-order valence-corrected chi connectivity index (χ0v) is 17.3. The van der Waals surface area contributed by atoms with Crippen LogP contribution < -0.4 is 10.1 Å². The van der Waals surface area contributed by atoms with Gasteiger partial charge in [0.1, 0.15) is 11.3 Å². The number of carbonyl (C=O) groups is 1. The molecular formula is C25H20N4O3. The summed E-state index contributed by atoms with van der Waals surface area (Å²) in [5.74, 6) is 0.249. The van der Waals surface area contributed by atoms with Crippen LogP contribution in [0.1, 0.15) is 27.2 Å². The summed E-state index contributed by atoms with van der Waals surface area (Å²) in [5.41, 5.74) is 4.69. The summed E-state index contributed by atoms with van der Waals surface area (Å²) >= 11 is 0. The Bertz CT molecular complexity index is 1430. The molecule has 3 aromatic heterocycles. The largest absolute Gasteiger partial charge is 0.495 e. The molecule has 5 rings (SSSR count). The number of hydrogen-bond donors (Lipinski definition) is 2. The van der Waals surface area contributed by atoms with Crippen LogP contribution >= 0.6 is 0 Å². The molecule has 7 heteroatoms. The standard InChI is InChI=1S/C25H20N4O3/c1-31-24-19(25(30)27-15-17-3-2-11-26-14-17)6-8-21-23(24)20(28-29-21)7-4-16-5-9-22-18(13-16)10-12-32-22/h2-14H,15H2,1H3,(H,27,30)(H,28,29). The van der Waals surface area contributed by atoms with Crippen molar-refractivity contribution in [3.8, 4) is 5.75 Å². The van der Waals surface area contributed by atoms with Gasteiger partial charge in [0.05, 0.1) is 35.5 Å². The van der Waals surface area contributed by atoms with Crippen molar-refractivity contribution in [2.75, 3.05) is 7.11 Å². The Kier molecular flexibility index (Phi) is 5.13. The van der Waals surface area contributed by atoms with E-state index in [2.05, 4.69) is 20.5 Å². The second kappa shape index (κ2) is 8.39. The molecule has 0 radical (unpaired) electrons. The van der Waals surface area contributed by atoms with E-state index in [0.29, 0.717) is 23.6 Å². The summed E-state index contributed by atoms with van der Waals surface area (Å²) in [6.07, 6.45) is 8.96. The Morgan fingerprint density at radius 1 is 1.19 bits per heavy atom. The first-order chi connectivity index (χ1) is 15.7. The Hall–Kier alpha value is -4.39. The normalized spacial score (nSPS) is 11.4. The van der Waals surface area contributed by atoms with E-state index in [9.17, 15) is 4.79 Å². The molecule has 7 nitrogen and oxygen atoms in total. The summed E-state index contributed by atoms with van der Waals surface area (Å²) < 4.78 is 11.0. The van der Waals surface area contributed by atoms with Gasteiger partial charge in [-0.05, 0) is 53.6 Å². The molecule has 0 fully saturated rings. The fourth-order valence-corrected chi connectivity index (χ4v) is 3.66. The van der Waals surface area contributed by atoms with Crippen molar-refractivity contribution in [1.29, 1.82) is 0 Å². The Morgan fingerprint density at radius 2 is 2.12 bits per heavy atom. The van der Waals surface area contributed by atoms with Crippen LogP contribution in [0, 0.1) is 0 Å². The van der Waals surface area contributed by atoms with Crippen LogP contribution in [0.3, 0.4) is 0 Å². The zero-order valence-electron chi connectivity index (χ0n) is 17.3. The molecule has 0 atom stereocenters. The van der Waals surface area contributed by atoms with Crippen LogP contribution in [-0.4, -0.2) is 28.2 Å². The van der Waals surface area contributed by atoms with Gasteiger partial charge >= 0.3 is 0 Å². The number of aromatic amines is 1. The molecule has 3 heterocycles. The first-order valence-electron chi connectivity index (χ1n) is 10.1. The van der Waals surface area contributed by atoms with Crippen molar-refractivity contribution in [1.82, 2.24) is 20.5 Å². The van der Waals surface area contributed by atoms with E-state index in [1.165, 1.54) is 0 Å². The number of rotatable bonds is 6. The van der Waals surface area contributed by atoms with E-state index >= 15 is 0 Å². The van der Waals surface area contributed by atoms with Crippen molar-refractivity contribution in [2.45, 2.75) is 6.54 Å². The van der Waals surface area contributed by atoms with Gasteiger partial charge in [0.25, 0.3) is 5.91 Å². The maximum atomic E-state index is 12.9. The summed E-state index contributed by atoms with van der Waals surface area (Å²) in [4.78, 5) is 17.0. The Morgan fingerprint density at radius 3 is 2.97 bits per heavy atom. The fraction of sp³-hybridized carbons (Fsp3) is 0.0800. The molecule has 2 aromatic carbocycles. The van der Waals surface area contributed by atoms with Gasteiger partial charge in [0.15, 0.2) is 0 Å². The van der Waals surface area contributed by atoms with Crippen molar-refractivity contribution >= 4 is 39.9 Å². The number of aromatic nitrogens is 3. The second-order valence-corrected chi connectivity index (χ2v) is 7.27.